The maximum absolute atomic E-state index is 13.7. The van der Waals surface area contributed by atoms with E-state index in [2.05, 4.69) is 22.2 Å². The molecule has 0 aliphatic carbocycles. The van der Waals surface area contributed by atoms with Crippen molar-refractivity contribution in [1.82, 2.24) is 25.4 Å². The fourth-order valence-corrected chi connectivity index (χ4v) is 4.88. The van der Waals surface area contributed by atoms with Crippen LogP contribution in [0.2, 0.25) is 0 Å². The summed E-state index contributed by atoms with van der Waals surface area (Å²) in [6, 6.07) is 21.5. The van der Waals surface area contributed by atoms with Crippen LogP contribution < -0.4 is 15.4 Å². The van der Waals surface area contributed by atoms with Crippen molar-refractivity contribution >= 4 is 17.8 Å². The van der Waals surface area contributed by atoms with E-state index in [0.717, 1.165) is 11.3 Å². The summed E-state index contributed by atoms with van der Waals surface area (Å²) in [5.74, 6) is 0.932. The van der Waals surface area contributed by atoms with Gasteiger partial charge in [0.15, 0.2) is 0 Å². The van der Waals surface area contributed by atoms with Crippen molar-refractivity contribution in [3.05, 3.63) is 114 Å². The van der Waals surface area contributed by atoms with E-state index in [9.17, 15) is 14.4 Å². The first-order valence-corrected chi connectivity index (χ1v) is 13.2. The van der Waals surface area contributed by atoms with Crippen LogP contribution in [0.3, 0.4) is 0 Å². The Morgan fingerprint density at radius 3 is 2.65 bits per heavy atom. The molecule has 2 N–H and O–H groups in total. The predicted molar refractivity (Wildman–Crippen MR) is 150 cm³/mol. The number of benzene rings is 2. The SMILES string of the molecule is C=CCN1C(=O)NC(c2cccc(Oc3ccccc3)c2)C2=C1CN(CCC(=O)NCCc1ccccn1)C2=O. The predicted octanol–water partition coefficient (Wildman–Crippen LogP) is 3.97. The van der Waals surface area contributed by atoms with E-state index in [1.54, 1.807) is 17.2 Å². The van der Waals surface area contributed by atoms with Crippen LogP contribution in [-0.2, 0) is 16.0 Å². The second-order valence-corrected chi connectivity index (χ2v) is 9.53. The molecule has 0 fully saturated rings. The van der Waals surface area contributed by atoms with E-state index in [-0.39, 0.29) is 43.9 Å². The van der Waals surface area contributed by atoms with Crippen LogP contribution in [0.5, 0.6) is 11.5 Å². The summed E-state index contributed by atoms with van der Waals surface area (Å²) in [5.41, 5.74) is 2.76. The molecule has 1 atom stereocenters. The molecule has 9 heteroatoms. The molecule has 0 spiro atoms. The molecular weight excluding hydrogens is 506 g/mol. The van der Waals surface area contributed by atoms with Crippen LogP contribution >= 0.6 is 0 Å². The highest BCUT2D eigenvalue weighted by atomic mass is 16.5. The van der Waals surface area contributed by atoms with Crippen LogP contribution in [0.25, 0.3) is 0 Å². The maximum atomic E-state index is 13.7. The highest BCUT2D eigenvalue weighted by molar-refractivity contribution is 6.01. The quantitative estimate of drug-likeness (QED) is 0.360. The van der Waals surface area contributed by atoms with Crippen LogP contribution in [0.4, 0.5) is 4.79 Å². The summed E-state index contributed by atoms with van der Waals surface area (Å²) in [6.07, 6.45) is 4.13. The summed E-state index contributed by atoms with van der Waals surface area (Å²) in [7, 11) is 0. The van der Waals surface area contributed by atoms with E-state index in [1.165, 1.54) is 4.90 Å². The van der Waals surface area contributed by atoms with Gasteiger partial charge in [-0.1, -0.05) is 42.5 Å². The van der Waals surface area contributed by atoms with E-state index in [4.69, 9.17) is 4.74 Å². The van der Waals surface area contributed by atoms with Crippen LogP contribution in [0.1, 0.15) is 23.7 Å². The minimum atomic E-state index is -0.646. The number of ether oxygens (including phenoxy) is 1. The largest absolute Gasteiger partial charge is 0.457 e. The second-order valence-electron chi connectivity index (χ2n) is 9.53. The topological polar surface area (TPSA) is 104 Å². The van der Waals surface area contributed by atoms with Gasteiger partial charge in [0.05, 0.1) is 23.9 Å². The highest BCUT2D eigenvalue weighted by Gasteiger charge is 2.43. The third-order valence-electron chi connectivity index (χ3n) is 6.82. The number of aromatic nitrogens is 1. The van der Waals surface area contributed by atoms with Gasteiger partial charge in [-0.05, 0) is 42.0 Å². The van der Waals surface area contributed by atoms with Gasteiger partial charge in [-0.2, -0.15) is 0 Å². The van der Waals surface area contributed by atoms with Gasteiger partial charge in [0.2, 0.25) is 5.91 Å². The fraction of sp³-hybridized carbons (Fsp3) is 0.226. The summed E-state index contributed by atoms with van der Waals surface area (Å²) in [4.78, 5) is 46.7. The van der Waals surface area contributed by atoms with Gasteiger partial charge in [-0.15, -0.1) is 6.58 Å². The molecule has 2 aliphatic rings. The van der Waals surface area contributed by atoms with Gasteiger partial charge in [-0.25, -0.2) is 4.79 Å². The average Bonchev–Trinajstić information content (AvgIpc) is 3.30. The molecule has 204 valence electrons. The van der Waals surface area contributed by atoms with Gasteiger partial charge in [-0.3, -0.25) is 19.5 Å². The third-order valence-corrected chi connectivity index (χ3v) is 6.82. The molecule has 3 aromatic rings. The Labute approximate surface area is 233 Å². The van der Waals surface area contributed by atoms with Gasteiger partial charge in [0.25, 0.3) is 5.91 Å². The standard InChI is InChI=1S/C31H31N5O4/c1-2-18-36-26-21-35(19-15-27(37)33-17-14-23-10-6-7-16-32-23)30(38)28(26)29(34-31(36)39)22-9-8-13-25(20-22)40-24-11-4-3-5-12-24/h2-13,16,20,29H,1,14-15,17-19,21H2,(H,33,37)(H,34,39). The molecule has 4 amide bonds. The second kappa shape index (κ2) is 12.3. The van der Waals surface area contributed by atoms with E-state index >= 15 is 0 Å². The third kappa shape index (κ3) is 6.04. The highest BCUT2D eigenvalue weighted by Crippen LogP contribution is 2.37. The molecule has 1 unspecified atom stereocenters. The van der Waals surface area contributed by atoms with Crippen molar-refractivity contribution in [1.29, 1.82) is 0 Å². The number of hydrogen-bond donors (Lipinski definition) is 2. The maximum Gasteiger partial charge on any atom is 0.322 e. The molecule has 2 aliphatic heterocycles. The lowest BCUT2D eigenvalue weighted by atomic mass is 9.95. The summed E-state index contributed by atoms with van der Waals surface area (Å²) in [5, 5.41) is 5.88. The number of rotatable bonds is 11. The van der Waals surface area contributed by atoms with Crippen molar-refractivity contribution in [3.8, 4) is 11.5 Å². The lowest BCUT2D eigenvalue weighted by Gasteiger charge is -2.33. The monoisotopic (exact) mass is 537 g/mol. The average molecular weight is 538 g/mol. The number of nitrogens with zero attached hydrogens (tertiary/aromatic N) is 3. The molecule has 0 saturated carbocycles. The number of urea groups is 1. The van der Waals surface area contributed by atoms with Crippen molar-refractivity contribution in [2.45, 2.75) is 18.9 Å². The van der Waals surface area contributed by atoms with Crippen LogP contribution in [-0.4, -0.2) is 58.8 Å². The van der Waals surface area contributed by atoms with Crippen LogP contribution in [0.15, 0.2) is 103 Å². The van der Waals surface area contributed by atoms with Crippen LogP contribution in [0, 0.1) is 0 Å². The Morgan fingerprint density at radius 1 is 1.07 bits per heavy atom. The van der Waals surface area contributed by atoms with E-state index in [1.807, 2.05) is 72.8 Å². The molecule has 0 radical (unpaired) electrons. The number of carbonyl (C=O) groups is 3. The van der Waals surface area contributed by atoms with Gasteiger partial charge < -0.3 is 20.3 Å². The van der Waals surface area contributed by atoms with Crippen molar-refractivity contribution in [3.63, 3.8) is 0 Å². The molecule has 1 aromatic heterocycles. The first kappa shape index (κ1) is 26.7. The zero-order valence-corrected chi connectivity index (χ0v) is 22.1. The molecule has 40 heavy (non-hydrogen) atoms. The van der Waals surface area contributed by atoms with E-state index in [0.29, 0.717) is 35.7 Å². The molecule has 9 nitrogen and oxygen atoms in total. The van der Waals surface area contributed by atoms with Crippen molar-refractivity contribution in [2.24, 2.45) is 0 Å². The number of carbonyl (C=O) groups excluding carboxylic acids is 3. The summed E-state index contributed by atoms with van der Waals surface area (Å²) < 4.78 is 5.98. The molecular formula is C31H31N5O4. The minimum Gasteiger partial charge on any atom is -0.457 e. The Kier molecular flexibility index (Phi) is 8.20. The molecule has 3 heterocycles. The zero-order valence-electron chi connectivity index (χ0n) is 22.1. The Bertz CT molecular complexity index is 1420. The Balaban J connectivity index is 1.28. The summed E-state index contributed by atoms with van der Waals surface area (Å²) >= 11 is 0. The fourth-order valence-electron chi connectivity index (χ4n) is 4.88. The number of hydrogen-bond acceptors (Lipinski definition) is 5. The molecule has 2 aromatic carbocycles. The lowest BCUT2D eigenvalue weighted by Crippen LogP contribution is -2.47. The first-order valence-electron chi connectivity index (χ1n) is 13.2. The first-order chi connectivity index (χ1) is 19.5. The Morgan fingerprint density at radius 2 is 1.88 bits per heavy atom. The van der Waals surface area contributed by atoms with Gasteiger partial charge >= 0.3 is 6.03 Å². The smallest absolute Gasteiger partial charge is 0.322 e. The number of amides is 4. The normalized spacial score (nSPS) is 16.4. The van der Waals surface area contributed by atoms with Crippen molar-refractivity contribution < 1.29 is 19.1 Å². The zero-order chi connectivity index (χ0) is 27.9. The van der Waals surface area contributed by atoms with Crippen molar-refractivity contribution in [2.75, 3.05) is 26.2 Å². The van der Waals surface area contributed by atoms with Gasteiger partial charge in [0.1, 0.15) is 11.5 Å². The number of para-hydroxylation sites is 1. The number of nitrogens with one attached hydrogen (secondary N) is 2. The molecule has 0 saturated heterocycles. The minimum absolute atomic E-state index is 0.145. The lowest BCUT2D eigenvalue weighted by molar-refractivity contribution is -0.127. The van der Waals surface area contributed by atoms with E-state index < -0.39 is 6.04 Å². The number of pyridine rings is 1. The summed E-state index contributed by atoms with van der Waals surface area (Å²) in [6.45, 7) is 4.98. The molecule has 0 bridgehead atoms. The van der Waals surface area contributed by atoms with Gasteiger partial charge in [0, 0.05) is 44.4 Å². The molecule has 5 rings (SSSR count). The Hall–Kier alpha value is -4.92.